The summed E-state index contributed by atoms with van der Waals surface area (Å²) in [5.74, 6) is 2.00. The Labute approximate surface area is 222 Å². The molecule has 1 saturated carbocycles. The average molecular weight is 538 g/mol. The summed E-state index contributed by atoms with van der Waals surface area (Å²) in [4.78, 5) is 21.7. The lowest BCUT2D eigenvalue weighted by molar-refractivity contribution is 0.137. The number of carboxylic acid groups (broad SMARTS) is 2. The summed E-state index contributed by atoms with van der Waals surface area (Å²) in [6.45, 7) is 0. The minimum absolute atomic E-state index is 0.437. The molecule has 5 aromatic rings. The number of hydrogen-bond acceptors (Lipinski definition) is 4. The Kier molecular flexibility index (Phi) is 6.95. The number of nitrogen functional groups attached to an aromatic ring is 1. The maximum absolute atomic E-state index is 8.56. The van der Waals surface area contributed by atoms with Crippen LogP contribution in [0.25, 0.3) is 38.9 Å². The van der Waals surface area contributed by atoms with E-state index in [-0.39, 0.29) is 0 Å². The van der Waals surface area contributed by atoms with E-state index in [1.807, 2.05) is 24.4 Å². The zero-order valence-electron chi connectivity index (χ0n) is 19.8. The molecule has 190 valence electrons. The SMILES string of the molecule is Nc1nccn2c(C3CCCCC3)nc(-c3cc4cccc(-c5cc(Cl)ccc5Cl)c4[nH]3)c12.O=C(O)O. The van der Waals surface area contributed by atoms with Crippen LogP contribution in [0.3, 0.4) is 0 Å². The molecule has 8 nitrogen and oxygen atoms in total. The molecule has 0 radical (unpaired) electrons. The molecule has 0 aliphatic heterocycles. The van der Waals surface area contributed by atoms with E-state index < -0.39 is 6.16 Å². The lowest BCUT2D eigenvalue weighted by Gasteiger charge is -2.20. The molecule has 1 fully saturated rings. The first kappa shape index (κ1) is 24.9. The average Bonchev–Trinajstić information content (AvgIpc) is 3.48. The fraction of sp³-hybridized carbons (Fsp3) is 0.222. The van der Waals surface area contributed by atoms with Crippen molar-refractivity contribution in [3.63, 3.8) is 0 Å². The van der Waals surface area contributed by atoms with Crippen molar-refractivity contribution in [3.8, 4) is 22.5 Å². The van der Waals surface area contributed by atoms with Crippen molar-refractivity contribution >= 4 is 51.6 Å². The number of fused-ring (bicyclic) bond motifs is 2. The number of nitrogens with one attached hydrogen (secondary N) is 1. The van der Waals surface area contributed by atoms with Crippen LogP contribution in [-0.2, 0) is 0 Å². The summed E-state index contributed by atoms with van der Waals surface area (Å²) in [5, 5.41) is 16.3. The van der Waals surface area contributed by atoms with Crippen molar-refractivity contribution in [3.05, 3.63) is 70.7 Å². The normalized spacial score (nSPS) is 14.0. The molecular weight excluding hydrogens is 513 g/mol. The van der Waals surface area contributed by atoms with E-state index in [2.05, 4.69) is 32.6 Å². The number of rotatable bonds is 3. The second kappa shape index (κ2) is 10.3. The number of imidazole rings is 1. The lowest BCUT2D eigenvalue weighted by atomic mass is 9.89. The zero-order chi connectivity index (χ0) is 26.1. The first-order valence-corrected chi connectivity index (χ1v) is 12.7. The Hall–Kier alpha value is -3.75. The van der Waals surface area contributed by atoms with Crippen LogP contribution in [0.4, 0.5) is 10.6 Å². The van der Waals surface area contributed by atoms with Crippen molar-refractivity contribution < 1.29 is 15.0 Å². The topological polar surface area (TPSA) is 130 Å². The van der Waals surface area contributed by atoms with Gasteiger partial charge in [0.25, 0.3) is 0 Å². The Morgan fingerprint density at radius 1 is 1.05 bits per heavy atom. The first-order valence-electron chi connectivity index (χ1n) is 12.0. The van der Waals surface area contributed by atoms with Gasteiger partial charge in [-0.15, -0.1) is 0 Å². The number of aromatic nitrogens is 4. The molecule has 0 bridgehead atoms. The first-order chi connectivity index (χ1) is 17.8. The van der Waals surface area contributed by atoms with Crippen LogP contribution in [0.2, 0.25) is 10.0 Å². The third-order valence-corrected chi connectivity index (χ3v) is 7.28. The maximum atomic E-state index is 8.56. The Balaban J connectivity index is 0.000000655. The van der Waals surface area contributed by atoms with Crippen molar-refractivity contribution in [2.45, 2.75) is 38.0 Å². The highest BCUT2D eigenvalue weighted by atomic mass is 35.5. The van der Waals surface area contributed by atoms with Crippen LogP contribution >= 0.6 is 23.2 Å². The minimum atomic E-state index is -1.83. The monoisotopic (exact) mass is 537 g/mol. The van der Waals surface area contributed by atoms with Crippen LogP contribution in [0.5, 0.6) is 0 Å². The highest BCUT2D eigenvalue weighted by Crippen LogP contribution is 2.39. The molecule has 6 rings (SSSR count). The molecule has 0 amide bonds. The predicted octanol–water partition coefficient (Wildman–Crippen LogP) is 7.70. The van der Waals surface area contributed by atoms with Crippen LogP contribution in [0.1, 0.15) is 43.8 Å². The number of hydrogen-bond donors (Lipinski definition) is 4. The molecule has 1 aliphatic rings. The second-order valence-electron chi connectivity index (χ2n) is 9.04. The van der Waals surface area contributed by atoms with Crippen molar-refractivity contribution in [1.82, 2.24) is 19.4 Å². The van der Waals surface area contributed by atoms with E-state index in [1.165, 1.54) is 19.3 Å². The Morgan fingerprint density at radius 3 is 2.57 bits per heavy atom. The van der Waals surface area contributed by atoms with Gasteiger partial charge in [-0.2, -0.15) is 0 Å². The quantitative estimate of drug-likeness (QED) is 0.186. The molecule has 0 spiro atoms. The van der Waals surface area contributed by atoms with Gasteiger partial charge in [0.2, 0.25) is 0 Å². The number of nitrogens with two attached hydrogens (primary N) is 1. The molecule has 37 heavy (non-hydrogen) atoms. The highest BCUT2D eigenvalue weighted by Gasteiger charge is 2.25. The number of aromatic amines is 1. The smallest absolute Gasteiger partial charge is 0.450 e. The standard InChI is InChI=1S/C26H23Cl2N5.CH2O3/c27-17-9-10-20(28)19(14-17)18-8-4-7-16-13-21(31-22(16)18)23-24-25(29)30-11-12-33(24)26(32-23)15-5-2-1-3-6-15;2-1(3)4/h4,7-15,31H,1-3,5-6H2,(H2,29,30);(H2,2,3,4). The number of anilines is 1. The second-order valence-corrected chi connectivity index (χ2v) is 9.89. The van der Waals surface area contributed by atoms with Gasteiger partial charge in [-0.25, -0.2) is 14.8 Å². The molecule has 3 heterocycles. The van der Waals surface area contributed by atoms with Crippen molar-refractivity contribution in [1.29, 1.82) is 0 Å². The van der Waals surface area contributed by atoms with Crippen LogP contribution in [0.15, 0.2) is 54.9 Å². The summed E-state index contributed by atoms with van der Waals surface area (Å²) in [7, 11) is 0. The van der Waals surface area contributed by atoms with Crippen molar-refractivity contribution in [2.24, 2.45) is 0 Å². The third-order valence-electron chi connectivity index (χ3n) is 6.71. The molecular formula is C27H25Cl2N5O3. The van der Waals surface area contributed by atoms with Crippen LogP contribution in [-0.4, -0.2) is 35.7 Å². The zero-order valence-corrected chi connectivity index (χ0v) is 21.3. The number of carbonyl (C=O) groups is 1. The molecule has 1 aliphatic carbocycles. The number of para-hydroxylation sites is 1. The van der Waals surface area contributed by atoms with Gasteiger partial charge in [-0.1, -0.05) is 60.7 Å². The Bertz CT molecular complexity index is 1600. The Morgan fingerprint density at radius 2 is 1.81 bits per heavy atom. The van der Waals surface area contributed by atoms with Gasteiger partial charge in [-0.3, -0.25) is 4.40 Å². The van der Waals surface area contributed by atoms with Gasteiger partial charge in [0, 0.05) is 44.9 Å². The van der Waals surface area contributed by atoms with Gasteiger partial charge in [-0.05, 0) is 37.1 Å². The molecule has 3 aromatic heterocycles. The predicted molar refractivity (Wildman–Crippen MR) is 147 cm³/mol. The van der Waals surface area contributed by atoms with Gasteiger partial charge in [0.05, 0.1) is 11.2 Å². The van der Waals surface area contributed by atoms with E-state index in [1.54, 1.807) is 12.3 Å². The van der Waals surface area contributed by atoms with Gasteiger partial charge >= 0.3 is 6.16 Å². The lowest BCUT2D eigenvalue weighted by Crippen LogP contribution is -2.09. The van der Waals surface area contributed by atoms with E-state index in [0.717, 1.165) is 57.6 Å². The number of nitrogens with zero attached hydrogens (tertiary/aromatic N) is 3. The van der Waals surface area contributed by atoms with Gasteiger partial charge < -0.3 is 20.9 Å². The van der Waals surface area contributed by atoms with Gasteiger partial charge in [0.1, 0.15) is 22.9 Å². The summed E-state index contributed by atoms with van der Waals surface area (Å²) < 4.78 is 2.13. The van der Waals surface area contributed by atoms with E-state index >= 15 is 0 Å². The van der Waals surface area contributed by atoms with E-state index in [4.69, 9.17) is 48.9 Å². The molecule has 0 unspecified atom stereocenters. The van der Waals surface area contributed by atoms with Crippen LogP contribution in [0, 0.1) is 0 Å². The van der Waals surface area contributed by atoms with Gasteiger partial charge in [0.15, 0.2) is 0 Å². The molecule has 5 N–H and O–H groups in total. The molecule has 0 atom stereocenters. The maximum Gasteiger partial charge on any atom is 0.503 e. The van der Waals surface area contributed by atoms with E-state index in [0.29, 0.717) is 21.8 Å². The molecule has 0 saturated heterocycles. The van der Waals surface area contributed by atoms with Crippen molar-refractivity contribution in [2.75, 3.05) is 5.73 Å². The molecule has 2 aromatic carbocycles. The number of H-pyrrole nitrogens is 1. The largest absolute Gasteiger partial charge is 0.503 e. The molecule has 10 heteroatoms. The summed E-state index contributed by atoms with van der Waals surface area (Å²) >= 11 is 12.8. The van der Waals surface area contributed by atoms with Crippen LogP contribution < -0.4 is 5.73 Å². The number of halogens is 2. The fourth-order valence-corrected chi connectivity index (χ4v) is 5.53. The fourth-order valence-electron chi connectivity index (χ4n) is 5.14. The third kappa shape index (κ3) is 4.95. The summed E-state index contributed by atoms with van der Waals surface area (Å²) in [6.07, 6.45) is 8.00. The summed E-state index contributed by atoms with van der Waals surface area (Å²) in [5.41, 5.74) is 11.8. The minimum Gasteiger partial charge on any atom is -0.450 e. The highest BCUT2D eigenvalue weighted by molar-refractivity contribution is 6.35. The van der Waals surface area contributed by atoms with E-state index in [9.17, 15) is 0 Å². The number of benzene rings is 2. The summed E-state index contributed by atoms with van der Waals surface area (Å²) in [6, 6.07) is 13.8.